The molecule has 0 unspecified atom stereocenters. The minimum absolute atomic E-state index is 0.0349. The zero-order chi connectivity index (χ0) is 27.9. The molecule has 0 saturated heterocycles. The van der Waals surface area contributed by atoms with E-state index in [1.807, 2.05) is 6.92 Å². The Bertz CT molecular complexity index is 1420. The number of hydrogen-bond acceptors (Lipinski definition) is 7. The summed E-state index contributed by atoms with van der Waals surface area (Å²) in [7, 11) is 0. The second-order valence-electron chi connectivity index (χ2n) is 8.41. The number of amides is 3. The maximum absolute atomic E-state index is 13.0. The monoisotopic (exact) mass is 547 g/mol. The number of nitrogens with zero attached hydrogens (tertiary/aromatic N) is 1. The van der Waals surface area contributed by atoms with Crippen LogP contribution in [0.5, 0.6) is 5.75 Å². The van der Waals surface area contributed by atoms with Crippen LogP contribution in [0.4, 0.5) is 17.1 Å². The fourth-order valence-electron chi connectivity index (χ4n) is 3.85. The van der Waals surface area contributed by atoms with Crippen molar-refractivity contribution in [3.63, 3.8) is 0 Å². The summed E-state index contributed by atoms with van der Waals surface area (Å²) in [6.07, 6.45) is 0.103. The summed E-state index contributed by atoms with van der Waals surface area (Å²) in [5, 5.41) is 5.48. The van der Waals surface area contributed by atoms with Gasteiger partial charge in [0.2, 0.25) is 5.91 Å². The summed E-state index contributed by atoms with van der Waals surface area (Å²) in [4.78, 5) is 51.0. The first-order valence-corrected chi connectivity index (χ1v) is 12.6. The third kappa shape index (κ3) is 6.45. The van der Waals surface area contributed by atoms with Crippen molar-refractivity contribution in [2.75, 3.05) is 28.7 Å². The smallest absolute Gasteiger partial charge is 0.338 e. The average molecular weight is 548 g/mol. The van der Waals surface area contributed by atoms with Gasteiger partial charge in [-0.3, -0.25) is 14.4 Å². The quantitative estimate of drug-likeness (QED) is 0.275. The lowest BCUT2D eigenvalue weighted by Gasteiger charge is -2.15. The number of rotatable bonds is 10. The highest BCUT2D eigenvalue weighted by Crippen LogP contribution is 2.31. The molecule has 0 atom stereocenters. The molecule has 3 amide bonds. The van der Waals surface area contributed by atoms with Crippen LogP contribution in [0.1, 0.15) is 29.8 Å². The van der Waals surface area contributed by atoms with Gasteiger partial charge in [0.05, 0.1) is 30.9 Å². The normalized spacial score (nSPS) is 12.9. The van der Waals surface area contributed by atoms with Crippen LogP contribution in [-0.4, -0.2) is 36.9 Å². The van der Waals surface area contributed by atoms with Crippen LogP contribution in [0.25, 0.3) is 0 Å². The lowest BCUT2D eigenvalue weighted by Crippen LogP contribution is -2.32. The van der Waals surface area contributed by atoms with Gasteiger partial charge in [-0.15, -0.1) is 0 Å². The molecule has 0 radical (unpaired) electrons. The fourth-order valence-corrected chi connectivity index (χ4v) is 4.06. The first-order valence-electron chi connectivity index (χ1n) is 12.2. The van der Waals surface area contributed by atoms with E-state index in [2.05, 4.69) is 10.6 Å². The topological polar surface area (TPSA) is 114 Å². The van der Waals surface area contributed by atoms with Crippen LogP contribution >= 0.6 is 11.6 Å². The Morgan fingerprint density at radius 1 is 0.821 bits per heavy atom. The molecule has 0 bridgehead atoms. The Balaban J connectivity index is 1.36. The van der Waals surface area contributed by atoms with E-state index in [-0.39, 0.29) is 29.7 Å². The van der Waals surface area contributed by atoms with Gasteiger partial charge in [-0.25, -0.2) is 9.69 Å². The second-order valence-corrected chi connectivity index (χ2v) is 8.78. The van der Waals surface area contributed by atoms with Crippen molar-refractivity contribution in [1.29, 1.82) is 0 Å². The number of hydrogen-bond donors (Lipinski definition) is 2. The third-order valence-electron chi connectivity index (χ3n) is 5.70. The molecule has 3 aromatic carbocycles. The predicted octanol–water partition coefficient (Wildman–Crippen LogP) is 4.88. The van der Waals surface area contributed by atoms with E-state index in [4.69, 9.17) is 21.1 Å². The summed E-state index contributed by atoms with van der Waals surface area (Å²) in [6.45, 7) is 4.37. The van der Waals surface area contributed by atoms with Crippen LogP contribution < -0.4 is 20.3 Å². The number of carbonyl (C=O) groups is 4. The molecule has 1 aliphatic heterocycles. The molecule has 0 aliphatic carbocycles. The maximum Gasteiger partial charge on any atom is 0.338 e. The highest BCUT2D eigenvalue weighted by Gasteiger charge is 2.39. The molecular weight excluding hydrogens is 522 g/mol. The van der Waals surface area contributed by atoms with E-state index in [0.717, 1.165) is 10.5 Å². The van der Waals surface area contributed by atoms with Crippen LogP contribution in [-0.2, 0) is 25.5 Å². The maximum atomic E-state index is 13.0. The van der Waals surface area contributed by atoms with Gasteiger partial charge in [0.15, 0.2) is 0 Å². The molecule has 39 heavy (non-hydrogen) atoms. The zero-order valence-electron chi connectivity index (χ0n) is 21.3. The molecule has 4 rings (SSSR count). The van der Waals surface area contributed by atoms with E-state index in [0.29, 0.717) is 35.0 Å². The lowest BCUT2D eigenvalue weighted by atomic mass is 10.1. The number of benzene rings is 3. The highest BCUT2D eigenvalue weighted by atomic mass is 35.5. The number of ether oxygens (including phenoxy) is 2. The molecule has 3 aromatic rings. The van der Waals surface area contributed by atoms with Crippen molar-refractivity contribution in [2.24, 2.45) is 0 Å². The summed E-state index contributed by atoms with van der Waals surface area (Å²) < 4.78 is 10.4. The minimum atomic E-state index is -0.628. The molecular formula is C29H26ClN3O6. The molecule has 0 fully saturated rings. The first kappa shape index (κ1) is 27.4. The standard InChI is InChI=1S/C29H26ClN3O6/c1-3-38-23-15-13-22(14-16-23)33-27(35)25(30)26(28(33)36)32-21-9-5-18(6-10-21)17-24(34)31-20-11-7-19(8-12-20)29(37)39-4-2/h5-16,32H,3-4,17H2,1-2H3,(H,31,34). The number of carbonyl (C=O) groups excluding carboxylic acids is 4. The SMILES string of the molecule is CCOC(=O)c1ccc(NC(=O)Cc2ccc(NC3=C(Cl)C(=O)N(c4ccc(OCC)cc4)C3=O)cc2)cc1. The zero-order valence-corrected chi connectivity index (χ0v) is 22.1. The van der Waals surface area contributed by atoms with Gasteiger partial charge in [0, 0.05) is 11.4 Å². The Hall–Kier alpha value is -4.63. The fraction of sp³-hybridized carbons (Fsp3) is 0.172. The van der Waals surface area contributed by atoms with E-state index in [1.165, 1.54) is 0 Å². The van der Waals surface area contributed by atoms with Gasteiger partial charge in [-0.1, -0.05) is 23.7 Å². The van der Waals surface area contributed by atoms with Gasteiger partial charge in [0.25, 0.3) is 11.8 Å². The molecule has 10 heteroatoms. The van der Waals surface area contributed by atoms with E-state index < -0.39 is 17.8 Å². The molecule has 0 spiro atoms. The predicted molar refractivity (Wildman–Crippen MR) is 148 cm³/mol. The minimum Gasteiger partial charge on any atom is -0.494 e. The number of imide groups is 1. The molecule has 1 aliphatic rings. The Labute approximate surface area is 230 Å². The Morgan fingerprint density at radius 2 is 1.46 bits per heavy atom. The summed E-state index contributed by atoms with van der Waals surface area (Å²) in [5.74, 6) is -1.25. The first-order chi connectivity index (χ1) is 18.8. The third-order valence-corrected chi connectivity index (χ3v) is 6.05. The largest absolute Gasteiger partial charge is 0.494 e. The van der Waals surface area contributed by atoms with E-state index in [9.17, 15) is 19.2 Å². The van der Waals surface area contributed by atoms with Crippen molar-refractivity contribution in [3.8, 4) is 5.75 Å². The van der Waals surface area contributed by atoms with Gasteiger partial charge in [-0.2, -0.15) is 0 Å². The van der Waals surface area contributed by atoms with Gasteiger partial charge in [0.1, 0.15) is 16.5 Å². The van der Waals surface area contributed by atoms with Crippen molar-refractivity contribution < 1.29 is 28.7 Å². The molecule has 1 heterocycles. The summed E-state index contributed by atoms with van der Waals surface area (Å²) >= 11 is 6.22. The van der Waals surface area contributed by atoms with Crippen molar-refractivity contribution in [2.45, 2.75) is 20.3 Å². The number of esters is 1. The number of halogens is 1. The molecule has 9 nitrogen and oxygen atoms in total. The average Bonchev–Trinajstić information content (AvgIpc) is 3.14. The van der Waals surface area contributed by atoms with Crippen LogP contribution in [0.3, 0.4) is 0 Å². The van der Waals surface area contributed by atoms with Crippen molar-refractivity contribution in [1.82, 2.24) is 0 Å². The molecule has 0 aromatic heterocycles. The van der Waals surface area contributed by atoms with E-state index >= 15 is 0 Å². The van der Waals surface area contributed by atoms with Gasteiger partial charge in [-0.05, 0) is 80.1 Å². The number of anilines is 3. The molecule has 2 N–H and O–H groups in total. The van der Waals surface area contributed by atoms with Crippen molar-refractivity contribution in [3.05, 3.63) is 94.7 Å². The highest BCUT2D eigenvalue weighted by molar-refractivity contribution is 6.53. The van der Waals surface area contributed by atoms with Gasteiger partial charge >= 0.3 is 5.97 Å². The van der Waals surface area contributed by atoms with Crippen molar-refractivity contribution >= 4 is 52.4 Å². The van der Waals surface area contributed by atoms with E-state index in [1.54, 1.807) is 79.7 Å². The lowest BCUT2D eigenvalue weighted by molar-refractivity contribution is -0.120. The Morgan fingerprint density at radius 3 is 2.08 bits per heavy atom. The van der Waals surface area contributed by atoms with Gasteiger partial charge < -0.3 is 20.1 Å². The summed E-state index contributed by atoms with van der Waals surface area (Å²) in [6, 6.07) is 19.8. The Kier molecular flexibility index (Phi) is 8.63. The van der Waals surface area contributed by atoms with Crippen LogP contribution in [0, 0.1) is 0 Å². The second kappa shape index (κ2) is 12.3. The molecule has 0 saturated carbocycles. The summed E-state index contributed by atoms with van der Waals surface area (Å²) in [5.41, 5.74) is 2.54. The number of nitrogens with one attached hydrogen (secondary N) is 2. The van der Waals surface area contributed by atoms with Crippen LogP contribution in [0.15, 0.2) is 83.5 Å². The molecule has 200 valence electrons. The van der Waals surface area contributed by atoms with Crippen LogP contribution in [0.2, 0.25) is 0 Å².